The number of amides is 3. The SMILES string of the molecule is CC(C)c1ccc(-c2noc(COC(=O)CCCN3C(=O)NC(C)(C)C3=O)n2)cc1. The standard InChI is InChI=1S/C21H26N4O5/c1-13(2)14-7-9-15(10-8-14)18-22-16(30-24-18)12-29-17(26)6-5-11-25-19(27)21(3,4)23-20(25)28/h7-10,13H,5-6,11-12H2,1-4H3,(H,23,28). The molecule has 160 valence electrons. The van der Waals surface area contributed by atoms with Crippen LogP contribution in [0.4, 0.5) is 4.79 Å². The van der Waals surface area contributed by atoms with Crippen LogP contribution in [0.2, 0.25) is 0 Å². The van der Waals surface area contributed by atoms with Gasteiger partial charge in [0, 0.05) is 18.5 Å². The van der Waals surface area contributed by atoms with Gasteiger partial charge in [-0.2, -0.15) is 4.98 Å². The molecule has 1 fully saturated rings. The second kappa shape index (κ2) is 8.64. The van der Waals surface area contributed by atoms with Crippen molar-refractivity contribution in [2.24, 2.45) is 0 Å². The average Bonchev–Trinajstić information content (AvgIpc) is 3.24. The summed E-state index contributed by atoms with van der Waals surface area (Å²) < 4.78 is 10.3. The van der Waals surface area contributed by atoms with Crippen LogP contribution in [0, 0.1) is 0 Å². The maximum absolute atomic E-state index is 12.1. The van der Waals surface area contributed by atoms with Crippen molar-refractivity contribution in [2.45, 2.75) is 58.6 Å². The largest absolute Gasteiger partial charge is 0.456 e. The zero-order chi connectivity index (χ0) is 21.9. The summed E-state index contributed by atoms with van der Waals surface area (Å²) in [6.45, 7) is 7.53. The predicted molar refractivity (Wildman–Crippen MR) is 107 cm³/mol. The van der Waals surface area contributed by atoms with Gasteiger partial charge in [0.25, 0.3) is 11.8 Å². The summed E-state index contributed by atoms with van der Waals surface area (Å²) in [7, 11) is 0. The summed E-state index contributed by atoms with van der Waals surface area (Å²) in [5.74, 6) is 0.284. The van der Waals surface area contributed by atoms with Crippen molar-refractivity contribution < 1.29 is 23.6 Å². The monoisotopic (exact) mass is 414 g/mol. The Labute approximate surface area is 174 Å². The molecule has 1 saturated heterocycles. The van der Waals surface area contributed by atoms with Crippen molar-refractivity contribution in [3.05, 3.63) is 35.7 Å². The molecule has 0 saturated carbocycles. The number of esters is 1. The minimum Gasteiger partial charge on any atom is -0.456 e. The van der Waals surface area contributed by atoms with Crippen molar-refractivity contribution in [1.82, 2.24) is 20.4 Å². The van der Waals surface area contributed by atoms with Gasteiger partial charge in [0.05, 0.1) is 0 Å². The molecular formula is C21H26N4O5. The molecule has 3 rings (SSSR count). The summed E-state index contributed by atoms with van der Waals surface area (Å²) in [5, 5.41) is 6.51. The first-order valence-electron chi connectivity index (χ1n) is 9.90. The minimum atomic E-state index is -0.914. The van der Waals surface area contributed by atoms with Crippen molar-refractivity contribution in [3.63, 3.8) is 0 Å². The molecular weight excluding hydrogens is 388 g/mol. The smallest absolute Gasteiger partial charge is 0.325 e. The van der Waals surface area contributed by atoms with Gasteiger partial charge in [-0.3, -0.25) is 14.5 Å². The summed E-state index contributed by atoms with van der Waals surface area (Å²) in [4.78, 5) is 41.2. The first-order chi connectivity index (χ1) is 14.2. The third kappa shape index (κ3) is 4.84. The minimum absolute atomic E-state index is 0.0646. The van der Waals surface area contributed by atoms with Gasteiger partial charge in [-0.25, -0.2) is 4.79 Å². The van der Waals surface area contributed by atoms with E-state index in [2.05, 4.69) is 29.3 Å². The number of imide groups is 1. The van der Waals surface area contributed by atoms with Crippen molar-refractivity contribution in [1.29, 1.82) is 0 Å². The third-order valence-electron chi connectivity index (χ3n) is 4.87. The fraction of sp³-hybridized carbons (Fsp3) is 0.476. The first-order valence-corrected chi connectivity index (χ1v) is 9.90. The molecule has 0 bridgehead atoms. The molecule has 30 heavy (non-hydrogen) atoms. The Hall–Kier alpha value is -3.23. The molecule has 0 atom stereocenters. The van der Waals surface area contributed by atoms with Gasteiger partial charge in [-0.1, -0.05) is 43.3 Å². The van der Waals surface area contributed by atoms with Crippen LogP contribution in [-0.2, 0) is 20.9 Å². The Bertz CT molecular complexity index is 933. The molecule has 1 aromatic carbocycles. The maximum atomic E-state index is 12.1. The maximum Gasteiger partial charge on any atom is 0.325 e. The van der Waals surface area contributed by atoms with Gasteiger partial charge in [-0.15, -0.1) is 0 Å². The number of ether oxygens (including phenoxy) is 1. The van der Waals surface area contributed by atoms with E-state index in [9.17, 15) is 14.4 Å². The van der Waals surface area contributed by atoms with Gasteiger partial charge in [0.15, 0.2) is 6.61 Å². The second-order valence-electron chi connectivity index (χ2n) is 8.06. The van der Waals surface area contributed by atoms with E-state index in [0.29, 0.717) is 18.2 Å². The zero-order valence-electron chi connectivity index (χ0n) is 17.6. The van der Waals surface area contributed by atoms with E-state index in [1.54, 1.807) is 13.8 Å². The number of nitrogens with one attached hydrogen (secondary N) is 1. The Morgan fingerprint density at radius 2 is 1.93 bits per heavy atom. The molecule has 1 aliphatic heterocycles. The molecule has 0 spiro atoms. The molecule has 3 amide bonds. The number of rotatable bonds is 8. The van der Waals surface area contributed by atoms with Crippen LogP contribution < -0.4 is 5.32 Å². The Balaban J connectivity index is 1.44. The number of aromatic nitrogens is 2. The van der Waals surface area contributed by atoms with Crippen LogP contribution in [-0.4, -0.2) is 45.0 Å². The number of nitrogens with zero attached hydrogens (tertiary/aromatic N) is 3. The highest BCUT2D eigenvalue weighted by atomic mass is 16.6. The fourth-order valence-electron chi connectivity index (χ4n) is 3.06. The molecule has 2 aromatic rings. The van der Waals surface area contributed by atoms with Crippen LogP contribution >= 0.6 is 0 Å². The lowest BCUT2D eigenvalue weighted by atomic mass is 10.0. The van der Waals surface area contributed by atoms with Gasteiger partial charge in [-0.05, 0) is 31.7 Å². The number of carbonyl (C=O) groups excluding carboxylic acids is 3. The molecule has 1 N–H and O–H groups in total. The number of hydrogen-bond acceptors (Lipinski definition) is 7. The quantitative estimate of drug-likeness (QED) is 0.521. The van der Waals surface area contributed by atoms with E-state index >= 15 is 0 Å². The third-order valence-corrected chi connectivity index (χ3v) is 4.87. The van der Waals surface area contributed by atoms with Gasteiger partial charge in [0.2, 0.25) is 5.82 Å². The van der Waals surface area contributed by atoms with E-state index in [0.717, 1.165) is 10.5 Å². The Kier molecular flexibility index (Phi) is 6.19. The average molecular weight is 414 g/mol. The van der Waals surface area contributed by atoms with Crippen LogP contribution in [0.3, 0.4) is 0 Å². The van der Waals surface area contributed by atoms with E-state index in [1.165, 1.54) is 5.56 Å². The van der Waals surface area contributed by atoms with Crippen LogP contribution in [0.25, 0.3) is 11.4 Å². The normalized spacial score (nSPS) is 15.6. The second-order valence-corrected chi connectivity index (χ2v) is 8.06. The zero-order valence-corrected chi connectivity index (χ0v) is 17.6. The van der Waals surface area contributed by atoms with Crippen LogP contribution in [0.15, 0.2) is 28.8 Å². The topological polar surface area (TPSA) is 115 Å². The molecule has 0 aliphatic carbocycles. The molecule has 9 nitrogen and oxygen atoms in total. The first kappa shape index (κ1) is 21.5. The van der Waals surface area contributed by atoms with Crippen molar-refractivity contribution in [3.8, 4) is 11.4 Å². The summed E-state index contributed by atoms with van der Waals surface area (Å²) in [6.07, 6.45) is 0.375. The lowest BCUT2D eigenvalue weighted by Crippen LogP contribution is -2.40. The highest BCUT2D eigenvalue weighted by Gasteiger charge is 2.43. The van der Waals surface area contributed by atoms with Crippen molar-refractivity contribution >= 4 is 17.9 Å². The van der Waals surface area contributed by atoms with E-state index in [-0.39, 0.29) is 31.4 Å². The van der Waals surface area contributed by atoms with Gasteiger partial charge < -0.3 is 14.6 Å². The molecule has 2 heterocycles. The predicted octanol–water partition coefficient (Wildman–Crippen LogP) is 3.01. The summed E-state index contributed by atoms with van der Waals surface area (Å²) in [6, 6.07) is 7.43. The summed E-state index contributed by atoms with van der Waals surface area (Å²) in [5.41, 5.74) is 1.12. The number of urea groups is 1. The lowest BCUT2D eigenvalue weighted by molar-refractivity contribution is -0.146. The Morgan fingerprint density at radius 3 is 2.53 bits per heavy atom. The molecule has 9 heteroatoms. The molecule has 1 aromatic heterocycles. The highest BCUT2D eigenvalue weighted by Crippen LogP contribution is 2.21. The molecule has 1 aliphatic rings. The van der Waals surface area contributed by atoms with E-state index in [1.807, 2.05) is 24.3 Å². The molecule has 0 radical (unpaired) electrons. The summed E-state index contributed by atoms with van der Waals surface area (Å²) >= 11 is 0. The number of hydrogen-bond donors (Lipinski definition) is 1. The van der Waals surface area contributed by atoms with E-state index < -0.39 is 17.5 Å². The highest BCUT2D eigenvalue weighted by molar-refractivity contribution is 6.06. The lowest BCUT2D eigenvalue weighted by Gasteiger charge is -2.15. The molecule has 0 unspecified atom stereocenters. The van der Waals surface area contributed by atoms with Gasteiger partial charge >= 0.3 is 12.0 Å². The van der Waals surface area contributed by atoms with Gasteiger partial charge in [0.1, 0.15) is 5.54 Å². The van der Waals surface area contributed by atoms with E-state index in [4.69, 9.17) is 9.26 Å². The van der Waals surface area contributed by atoms with Crippen LogP contribution in [0.1, 0.15) is 57.9 Å². The van der Waals surface area contributed by atoms with Crippen molar-refractivity contribution in [2.75, 3.05) is 6.54 Å². The van der Waals surface area contributed by atoms with Crippen LogP contribution in [0.5, 0.6) is 0 Å². The number of carbonyl (C=O) groups is 3. The number of benzene rings is 1. The fourth-order valence-corrected chi connectivity index (χ4v) is 3.06. The Morgan fingerprint density at radius 1 is 1.23 bits per heavy atom.